The number of rotatable bonds is 3. The van der Waals surface area contributed by atoms with Gasteiger partial charge in [-0.2, -0.15) is 0 Å². The summed E-state index contributed by atoms with van der Waals surface area (Å²) in [5.41, 5.74) is 2.43. The fraction of sp³-hybridized carbons (Fsp3) is 0. The molecule has 0 unspecified atom stereocenters. The normalized spacial score (nSPS) is 12.0. The predicted octanol–water partition coefficient (Wildman–Crippen LogP) is 7.22. The molecule has 6 nitrogen and oxygen atoms in total. The molecule has 2 heterocycles. The Morgan fingerprint density at radius 2 is 1.71 bits per heavy atom. The number of hydrogen-bond donors (Lipinski definition) is 0. The molecular weight excluding hydrogens is 509 g/mol. The number of nitrogens with zero attached hydrogens (tertiary/aromatic N) is 2. The molecule has 5 aromatic rings. The summed E-state index contributed by atoms with van der Waals surface area (Å²) >= 11 is 7.56. The molecule has 0 amide bonds. The second-order valence-electron chi connectivity index (χ2n) is 7.08. The highest BCUT2D eigenvalue weighted by Gasteiger charge is 2.20. The quantitative estimate of drug-likeness (QED) is 0.109. The molecule has 0 saturated heterocycles. The zero-order chi connectivity index (χ0) is 25.2. The minimum Gasteiger partial charge on any atom is -0.456 e. The average Bonchev–Trinajstić information content (AvgIpc) is 3.20. The van der Waals surface area contributed by atoms with Gasteiger partial charge in [0.25, 0.3) is 5.69 Å². The Morgan fingerprint density at radius 1 is 1.00 bits per heavy atom. The minimum absolute atomic E-state index is 0.0476. The van der Waals surface area contributed by atoms with Gasteiger partial charge < -0.3 is 21.7 Å². The van der Waals surface area contributed by atoms with Crippen LogP contribution in [-0.4, -0.2) is 12.2 Å². The summed E-state index contributed by atoms with van der Waals surface area (Å²) in [6, 6.07) is 21.7. The van der Waals surface area contributed by atoms with Gasteiger partial charge >= 0.3 is 12.4 Å². The molecule has 0 aliphatic rings. The molecule has 2 aromatic heterocycles. The van der Waals surface area contributed by atoms with E-state index in [9.17, 15) is 27.4 Å². The number of H-pyrrole nitrogens is 1. The first-order valence-electron chi connectivity index (χ1n) is 9.88. The second-order valence-corrected chi connectivity index (χ2v) is 8.55. The number of nitro benzene ring substituents is 1. The summed E-state index contributed by atoms with van der Waals surface area (Å²) in [5.74, 6) is 0.681. The minimum atomic E-state index is -6.00. The molecule has 5 rings (SSSR count). The third-order valence-electron chi connectivity index (χ3n) is 4.61. The highest BCUT2D eigenvalue weighted by atomic mass is 35.5. The van der Waals surface area contributed by atoms with E-state index in [0.29, 0.717) is 26.9 Å². The highest BCUT2D eigenvalue weighted by Crippen LogP contribution is 2.28. The molecule has 0 fully saturated rings. The Hall–Kier alpha value is -3.77. The lowest BCUT2D eigenvalue weighted by Crippen LogP contribution is -2.06. The van der Waals surface area contributed by atoms with Crippen molar-refractivity contribution >= 4 is 62.2 Å². The third kappa shape index (κ3) is 6.22. The molecule has 178 valence electrons. The number of nitro groups is 1. The first kappa shape index (κ1) is 24.4. The first-order chi connectivity index (χ1) is 16.6. The standard InChI is InChI=1S/C22H12ClN3O3S.BF4/c23-14-6-9-19-16(10-14)18(12-20(29-19)13-4-2-1-3-5-13)25-22-24-17-8-7-15(26(27)28)11-21(17)30-22;2-1(3,4)5/h1-12H;/q;-1/p+1. The number of aromatic nitrogens is 1. The van der Waals surface area contributed by atoms with Crippen molar-refractivity contribution in [3.63, 3.8) is 0 Å². The molecule has 0 bridgehead atoms. The number of aromatic amines is 1. The summed E-state index contributed by atoms with van der Waals surface area (Å²) in [6.07, 6.45) is 0. The van der Waals surface area contributed by atoms with E-state index in [1.54, 1.807) is 18.2 Å². The van der Waals surface area contributed by atoms with Crippen molar-refractivity contribution in [1.82, 2.24) is 0 Å². The number of halogens is 5. The van der Waals surface area contributed by atoms with Gasteiger partial charge in [-0.3, -0.25) is 10.1 Å². The van der Waals surface area contributed by atoms with Crippen LogP contribution in [0.3, 0.4) is 0 Å². The van der Waals surface area contributed by atoms with Crippen molar-refractivity contribution in [2.24, 2.45) is 4.99 Å². The van der Waals surface area contributed by atoms with Crippen molar-refractivity contribution < 1.29 is 31.6 Å². The molecule has 13 heteroatoms. The Bertz CT molecular complexity index is 1600. The van der Waals surface area contributed by atoms with E-state index in [-0.39, 0.29) is 5.69 Å². The number of hydrogen-bond acceptors (Lipinski definition) is 5. The van der Waals surface area contributed by atoms with E-state index >= 15 is 0 Å². The van der Waals surface area contributed by atoms with Crippen LogP contribution >= 0.6 is 22.9 Å². The lowest BCUT2D eigenvalue weighted by atomic mass is 10.1. The predicted molar refractivity (Wildman–Crippen MR) is 127 cm³/mol. The largest absolute Gasteiger partial charge is 0.673 e. The Balaban J connectivity index is 0.000000527. The van der Waals surface area contributed by atoms with E-state index < -0.39 is 12.2 Å². The maximum Gasteiger partial charge on any atom is 0.673 e. The Kier molecular flexibility index (Phi) is 6.85. The van der Waals surface area contributed by atoms with Gasteiger partial charge in [-0.05, 0) is 40.6 Å². The number of benzene rings is 3. The summed E-state index contributed by atoms with van der Waals surface area (Å²) in [5, 5.41) is 13.7. The highest BCUT2D eigenvalue weighted by molar-refractivity contribution is 7.21. The van der Waals surface area contributed by atoms with E-state index in [1.165, 1.54) is 17.4 Å². The number of nitrogens with one attached hydrogen (secondary N) is 1. The molecule has 0 aliphatic carbocycles. The van der Waals surface area contributed by atoms with Crippen molar-refractivity contribution in [1.29, 1.82) is 0 Å². The summed E-state index contributed by atoms with van der Waals surface area (Å²) in [7, 11) is -6.00. The molecule has 0 aliphatic heterocycles. The zero-order valence-electron chi connectivity index (χ0n) is 17.4. The number of non-ortho nitro benzene ring substituents is 1. The van der Waals surface area contributed by atoms with Gasteiger partial charge in [0.1, 0.15) is 16.9 Å². The van der Waals surface area contributed by atoms with Crippen molar-refractivity contribution in [2.45, 2.75) is 0 Å². The second kappa shape index (κ2) is 9.84. The fourth-order valence-corrected chi connectivity index (χ4v) is 4.29. The molecule has 0 radical (unpaired) electrons. The monoisotopic (exact) mass is 521 g/mol. The van der Waals surface area contributed by atoms with E-state index in [1.807, 2.05) is 48.5 Å². The average molecular weight is 522 g/mol. The summed E-state index contributed by atoms with van der Waals surface area (Å²) < 4.78 is 45.8. The van der Waals surface area contributed by atoms with E-state index in [0.717, 1.165) is 21.2 Å². The lowest BCUT2D eigenvalue weighted by Gasteiger charge is -2.03. The van der Waals surface area contributed by atoms with Crippen LogP contribution in [0.1, 0.15) is 0 Å². The zero-order valence-corrected chi connectivity index (χ0v) is 19.0. The van der Waals surface area contributed by atoms with Gasteiger partial charge in [0.15, 0.2) is 5.36 Å². The molecule has 3 aromatic carbocycles. The van der Waals surface area contributed by atoms with Gasteiger partial charge in [-0.1, -0.05) is 41.9 Å². The molecule has 1 N–H and O–H groups in total. The van der Waals surface area contributed by atoms with Crippen LogP contribution in [0, 0.1) is 10.1 Å². The van der Waals surface area contributed by atoms with Crippen LogP contribution in [0.15, 0.2) is 82.2 Å². The van der Waals surface area contributed by atoms with Gasteiger partial charge in [-0.15, -0.1) is 0 Å². The van der Waals surface area contributed by atoms with Gasteiger partial charge in [-0.25, -0.2) is 4.98 Å². The van der Waals surface area contributed by atoms with Crippen molar-refractivity contribution in [3.05, 3.63) is 93.3 Å². The lowest BCUT2D eigenvalue weighted by molar-refractivity contribution is -0.384. The van der Waals surface area contributed by atoms with Gasteiger partial charge in [0.2, 0.25) is 0 Å². The van der Waals surface area contributed by atoms with Crippen LogP contribution < -0.4 is 10.3 Å². The third-order valence-corrected chi connectivity index (χ3v) is 5.79. The van der Waals surface area contributed by atoms with E-state index in [4.69, 9.17) is 21.0 Å². The summed E-state index contributed by atoms with van der Waals surface area (Å²) in [6.45, 7) is 0. The van der Waals surface area contributed by atoms with Crippen molar-refractivity contribution in [2.75, 3.05) is 0 Å². The SMILES string of the molecule is F[B-](F)(F)F.O=[N+]([O-])c1ccc2[nH+]c(N=c3cc(-c4ccccc4)oc4ccc(Cl)cc34)sc2c1. The molecular formula is C22H13BClF4N3O3S. The van der Waals surface area contributed by atoms with Crippen LogP contribution in [0.5, 0.6) is 0 Å². The van der Waals surface area contributed by atoms with Gasteiger partial charge in [0.05, 0.1) is 15.0 Å². The maximum atomic E-state index is 11.0. The van der Waals surface area contributed by atoms with Crippen LogP contribution in [-0.2, 0) is 0 Å². The van der Waals surface area contributed by atoms with Crippen LogP contribution in [0.2, 0.25) is 5.02 Å². The maximum absolute atomic E-state index is 11.0. The van der Waals surface area contributed by atoms with E-state index in [2.05, 4.69) is 4.98 Å². The summed E-state index contributed by atoms with van der Waals surface area (Å²) in [4.78, 5) is 18.6. The Morgan fingerprint density at radius 3 is 2.40 bits per heavy atom. The number of fused-ring (bicyclic) bond motifs is 2. The Labute approximate surface area is 203 Å². The van der Waals surface area contributed by atoms with Crippen LogP contribution in [0.25, 0.3) is 32.5 Å². The molecule has 35 heavy (non-hydrogen) atoms. The topological polar surface area (TPSA) is 82.8 Å². The molecule has 0 saturated carbocycles. The molecule has 0 spiro atoms. The van der Waals surface area contributed by atoms with Crippen molar-refractivity contribution in [3.8, 4) is 11.3 Å². The smallest absolute Gasteiger partial charge is 0.456 e. The van der Waals surface area contributed by atoms with Gasteiger partial charge in [0, 0.05) is 28.8 Å². The fourth-order valence-electron chi connectivity index (χ4n) is 3.20. The van der Waals surface area contributed by atoms with Crippen LogP contribution in [0.4, 0.5) is 28.1 Å². The first-order valence-corrected chi connectivity index (χ1v) is 11.1. The number of thiazole rings is 1. The molecule has 0 atom stereocenters.